The van der Waals surface area contributed by atoms with Gasteiger partial charge in [-0.25, -0.2) is 4.98 Å². The topological polar surface area (TPSA) is 51.8 Å². The first-order valence-electron chi connectivity index (χ1n) is 15.3. The summed E-state index contributed by atoms with van der Waals surface area (Å²) in [5.74, 6) is 0. The molecule has 0 aliphatic carbocycles. The summed E-state index contributed by atoms with van der Waals surface area (Å²) in [6.45, 7) is 14.0. The molecule has 0 spiro atoms. The molecule has 0 saturated heterocycles. The van der Waals surface area contributed by atoms with Gasteiger partial charge in [0, 0.05) is 51.2 Å². The number of hydrogen-bond acceptors (Lipinski definition) is 5. The van der Waals surface area contributed by atoms with E-state index < -0.39 is 11.8 Å². The Bertz CT molecular complexity index is 2180. The number of benzene rings is 2. The van der Waals surface area contributed by atoms with E-state index in [1.807, 2.05) is 82.6 Å². The molecule has 5 heterocycles. The molecule has 1 radical (unpaired) electrons. The van der Waals surface area contributed by atoms with Gasteiger partial charge in [0.25, 0.3) is 0 Å². The van der Waals surface area contributed by atoms with Gasteiger partial charge in [0.1, 0.15) is 0 Å². The number of furan rings is 1. The van der Waals surface area contributed by atoms with Crippen LogP contribution in [0.2, 0.25) is 0 Å². The molecule has 0 atom stereocenters. The van der Waals surface area contributed by atoms with E-state index in [1.165, 1.54) is 28.0 Å². The van der Waals surface area contributed by atoms with Crippen molar-refractivity contribution < 1.29 is 27.3 Å². The number of aromatic nitrogens is 3. The van der Waals surface area contributed by atoms with Crippen molar-refractivity contribution in [3.63, 3.8) is 0 Å². The quantitative estimate of drug-likeness (QED) is 0.168. The first kappa shape index (κ1) is 29.0. The molecular weight excluding hydrogens is 739 g/mol. The fourth-order valence-electron chi connectivity index (χ4n) is 4.85. The molecule has 2 aromatic carbocycles. The number of hydrogen-bond donors (Lipinski definition) is 0. The Labute approximate surface area is 279 Å². The second-order valence-corrected chi connectivity index (χ2v) is 13.1. The van der Waals surface area contributed by atoms with Crippen LogP contribution in [-0.2, 0) is 26.5 Å². The van der Waals surface area contributed by atoms with E-state index in [2.05, 4.69) is 66.1 Å². The van der Waals surface area contributed by atoms with Crippen LogP contribution in [0, 0.1) is 45.2 Å². The number of thiophene rings is 1. The Morgan fingerprint density at radius 3 is 2.39 bits per heavy atom. The standard InChI is InChI=1S/C24H21N2OS.C14H14N.Ir/c1-14-8-9-18-17-6-5-7-19(22(17)27-23(18)26-14)20-11-15-10-16(12-24(2,3)4)28-21(15)13-25-20;1-10-4-6-13(7-5-10)14-8-11(2)12(3)9-15-14;/h5-6,8-11,13H,12H2,1-4H3;4-6,8-9H,1-3H3;/q2*-1;/i12D2;;. The number of pyridine rings is 3. The van der Waals surface area contributed by atoms with Gasteiger partial charge in [-0.15, -0.1) is 64.9 Å². The monoisotopic (exact) mass is 776 g/mol. The van der Waals surface area contributed by atoms with Crippen LogP contribution in [0.25, 0.3) is 54.7 Å². The third kappa shape index (κ3) is 6.83. The van der Waals surface area contributed by atoms with Crippen LogP contribution >= 0.6 is 11.3 Å². The van der Waals surface area contributed by atoms with Gasteiger partial charge in [0.2, 0.25) is 5.71 Å². The van der Waals surface area contributed by atoms with Crippen molar-refractivity contribution in [1.29, 1.82) is 0 Å². The maximum atomic E-state index is 8.58. The Kier molecular flexibility index (Phi) is 8.40. The molecule has 4 nitrogen and oxygen atoms in total. The van der Waals surface area contributed by atoms with Crippen LogP contribution in [-0.4, -0.2) is 15.0 Å². The average Bonchev–Trinajstić information content (AvgIpc) is 3.60. The summed E-state index contributed by atoms with van der Waals surface area (Å²) in [4.78, 5) is 14.3. The van der Waals surface area contributed by atoms with Crippen molar-refractivity contribution in [2.45, 2.75) is 54.8 Å². The second-order valence-electron chi connectivity index (χ2n) is 12.0. The van der Waals surface area contributed by atoms with E-state index in [-0.39, 0.29) is 20.1 Å². The Hall–Kier alpha value is -3.70. The number of fused-ring (bicyclic) bond motifs is 4. The fraction of sp³-hybridized carbons (Fsp3) is 0.237. The molecule has 6 heteroatoms. The van der Waals surface area contributed by atoms with Gasteiger partial charge in [0.15, 0.2) is 0 Å². The van der Waals surface area contributed by atoms with E-state index in [1.54, 1.807) is 0 Å². The van der Waals surface area contributed by atoms with Crippen molar-refractivity contribution >= 4 is 43.5 Å². The van der Waals surface area contributed by atoms with Gasteiger partial charge < -0.3 is 14.4 Å². The summed E-state index contributed by atoms with van der Waals surface area (Å²) < 4.78 is 24.2. The largest absolute Gasteiger partial charge is 0.486 e. The molecule has 225 valence electrons. The summed E-state index contributed by atoms with van der Waals surface area (Å²) >= 11 is 1.46. The molecule has 0 amide bonds. The van der Waals surface area contributed by atoms with Gasteiger partial charge >= 0.3 is 0 Å². The van der Waals surface area contributed by atoms with E-state index in [0.717, 1.165) is 59.5 Å². The van der Waals surface area contributed by atoms with Crippen LogP contribution < -0.4 is 0 Å². The smallest absolute Gasteiger partial charge is 0.216 e. The SMILES string of the molecule is Cc1c[c-]c(-c2cc(C)c(C)cn2)cc1.[2H]C([2H])(c1cc2cc(-c3[c-]ccc4c3oc3nc(C)ccc34)ncc2s1)C(C)(C)C.[Ir]. The molecule has 0 bridgehead atoms. The zero-order chi connectivity index (χ0) is 32.1. The summed E-state index contributed by atoms with van der Waals surface area (Å²) in [7, 11) is 0. The zero-order valence-corrected chi connectivity index (χ0v) is 29.1. The van der Waals surface area contributed by atoms with Gasteiger partial charge in [-0.3, -0.25) is 0 Å². The summed E-state index contributed by atoms with van der Waals surface area (Å²) in [6, 6.07) is 26.6. The summed E-state index contributed by atoms with van der Waals surface area (Å²) in [6.07, 6.45) is 2.30. The molecule has 5 aromatic heterocycles. The summed E-state index contributed by atoms with van der Waals surface area (Å²) in [5, 5.41) is 2.94. The molecule has 7 aromatic rings. The van der Waals surface area contributed by atoms with Crippen molar-refractivity contribution in [2.75, 3.05) is 0 Å². The Morgan fingerprint density at radius 1 is 0.864 bits per heavy atom. The molecule has 7 rings (SSSR count). The second kappa shape index (κ2) is 12.7. The van der Waals surface area contributed by atoms with Gasteiger partial charge in [-0.05, 0) is 73.1 Å². The van der Waals surface area contributed by atoms with Crippen LogP contribution in [0.1, 0.15) is 50.8 Å². The molecule has 0 unspecified atom stereocenters. The molecule has 0 aliphatic rings. The van der Waals surface area contributed by atoms with Gasteiger partial charge in [-0.1, -0.05) is 56.3 Å². The van der Waals surface area contributed by atoms with Crippen LogP contribution in [0.3, 0.4) is 0 Å². The predicted octanol–water partition coefficient (Wildman–Crippen LogP) is 10.4. The van der Waals surface area contributed by atoms with Gasteiger partial charge in [0.05, 0.1) is 10.3 Å². The molecule has 0 saturated carbocycles. The van der Waals surface area contributed by atoms with E-state index in [9.17, 15) is 0 Å². The van der Waals surface area contributed by atoms with Gasteiger partial charge in [-0.2, -0.15) is 0 Å². The van der Waals surface area contributed by atoms with E-state index in [0.29, 0.717) is 5.71 Å². The van der Waals surface area contributed by atoms with Crippen LogP contribution in [0.5, 0.6) is 0 Å². The minimum Gasteiger partial charge on any atom is -0.486 e. The van der Waals surface area contributed by atoms with Crippen molar-refractivity contribution in [3.05, 3.63) is 112 Å². The first-order chi connectivity index (χ1) is 21.3. The predicted molar refractivity (Wildman–Crippen MR) is 180 cm³/mol. The minimum absolute atomic E-state index is 0. The van der Waals surface area contributed by atoms with Crippen molar-refractivity contribution in [1.82, 2.24) is 15.0 Å². The maximum absolute atomic E-state index is 8.58. The summed E-state index contributed by atoms with van der Waals surface area (Å²) in [5.41, 5.74) is 9.07. The first-order valence-corrected chi connectivity index (χ1v) is 15.2. The van der Waals surface area contributed by atoms with E-state index in [4.69, 9.17) is 7.16 Å². The van der Waals surface area contributed by atoms with Crippen LogP contribution in [0.15, 0.2) is 77.5 Å². The zero-order valence-electron chi connectivity index (χ0n) is 27.9. The number of nitrogens with zero attached hydrogens (tertiary/aromatic N) is 3. The van der Waals surface area contributed by atoms with Crippen LogP contribution in [0.4, 0.5) is 0 Å². The Morgan fingerprint density at radius 2 is 1.66 bits per heavy atom. The molecule has 0 N–H and O–H groups in total. The minimum atomic E-state index is -1.43. The average molecular weight is 776 g/mol. The molecule has 0 aliphatic heterocycles. The third-order valence-corrected chi connectivity index (χ3v) is 8.21. The van der Waals surface area contributed by atoms with Crippen molar-refractivity contribution in [2.24, 2.45) is 5.41 Å². The maximum Gasteiger partial charge on any atom is 0.216 e. The Balaban J connectivity index is 0.000000220. The fourth-order valence-corrected chi connectivity index (χ4v) is 5.97. The third-order valence-electron chi connectivity index (χ3n) is 7.21. The van der Waals surface area contributed by atoms with Crippen molar-refractivity contribution in [3.8, 4) is 22.5 Å². The molecular formula is C38H35IrN3OS-2. The number of aryl methyl sites for hydroxylation is 4. The molecule has 0 fully saturated rings. The molecule has 44 heavy (non-hydrogen) atoms. The normalized spacial score (nSPS) is 12.4. The number of rotatable bonds is 3. The van der Waals surface area contributed by atoms with E-state index >= 15 is 0 Å².